The van der Waals surface area contributed by atoms with Gasteiger partial charge in [0.25, 0.3) is 0 Å². The molecule has 1 aromatic carbocycles. The van der Waals surface area contributed by atoms with Crippen molar-refractivity contribution in [1.29, 1.82) is 0 Å². The predicted octanol–water partition coefficient (Wildman–Crippen LogP) is 5.16. The Morgan fingerprint density at radius 2 is 1.52 bits per heavy atom. The third-order valence-corrected chi connectivity index (χ3v) is 18.4. The fourth-order valence-corrected chi connectivity index (χ4v) is 16.5. The quantitative estimate of drug-likeness (QED) is 0.481. The van der Waals surface area contributed by atoms with Crippen molar-refractivity contribution < 1.29 is 0 Å². The first kappa shape index (κ1) is 21.6. The van der Waals surface area contributed by atoms with Crippen molar-refractivity contribution in [1.82, 2.24) is 4.90 Å². The molecular formula is C17H31Cl2NSn. The van der Waals surface area contributed by atoms with Crippen LogP contribution in [0.4, 0.5) is 0 Å². The van der Waals surface area contributed by atoms with Gasteiger partial charge in [-0.2, -0.15) is 0 Å². The topological polar surface area (TPSA) is 3.24 Å². The van der Waals surface area contributed by atoms with Gasteiger partial charge >= 0.3 is 134 Å². The minimum Gasteiger partial charge on any atom is -0.147 e. The molecule has 0 fully saturated rings. The molecule has 0 bridgehead atoms. The predicted molar refractivity (Wildman–Crippen MR) is 102 cm³/mol. The molecule has 0 radical (unpaired) electrons. The van der Waals surface area contributed by atoms with Crippen LogP contribution >= 0.6 is 21.3 Å². The number of rotatable bonds is 9. The Labute approximate surface area is 145 Å². The Balaban J connectivity index is 0.00000400. The van der Waals surface area contributed by atoms with Crippen LogP contribution in [0.25, 0.3) is 0 Å². The summed E-state index contributed by atoms with van der Waals surface area (Å²) in [5.41, 5.74) is 1.47. The largest absolute Gasteiger partial charge is 0.147 e. The van der Waals surface area contributed by atoms with Gasteiger partial charge in [-0.25, -0.2) is 0 Å². The summed E-state index contributed by atoms with van der Waals surface area (Å²) in [6.45, 7) is 5.56. The molecule has 0 N–H and O–H groups in total. The number of nitrogens with zero attached hydrogens (tertiary/aromatic N) is 1. The molecular weight excluding hydrogens is 408 g/mol. The van der Waals surface area contributed by atoms with E-state index in [0.717, 1.165) is 6.54 Å². The van der Waals surface area contributed by atoms with Gasteiger partial charge in [0.05, 0.1) is 0 Å². The van der Waals surface area contributed by atoms with E-state index in [1.807, 2.05) is 0 Å². The van der Waals surface area contributed by atoms with Crippen LogP contribution in [-0.2, 0) is 6.54 Å². The molecule has 0 aliphatic heterocycles. The average molecular weight is 439 g/mol. The molecule has 21 heavy (non-hydrogen) atoms. The maximum absolute atomic E-state index is 7.30. The van der Waals surface area contributed by atoms with Gasteiger partial charge in [-0.1, -0.05) is 0 Å². The van der Waals surface area contributed by atoms with Crippen molar-refractivity contribution in [3.8, 4) is 0 Å². The fourth-order valence-electron chi connectivity index (χ4n) is 2.74. The first-order valence-corrected chi connectivity index (χ1v) is 17.0. The van der Waals surface area contributed by atoms with Gasteiger partial charge in [0.15, 0.2) is 0 Å². The first-order valence-electron chi connectivity index (χ1n) is 7.95. The zero-order chi connectivity index (χ0) is 15.0. The van der Waals surface area contributed by atoms with E-state index in [2.05, 4.69) is 57.1 Å². The normalized spacial score (nSPS) is 11.5. The number of hydrogen-bond donors (Lipinski definition) is 0. The van der Waals surface area contributed by atoms with Crippen LogP contribution in [0.3, 0.4) is 0 Å². The van der Waals surface area contributed by atoms with Gasteiger partial charge in [-0.15, -0.1) is 12.4 Å². The summed E-state index contributed by atoms with van der Waals surface area (Å²) in [5, 5.41) is 0. The van der Waals surface area contributed by atoms with Crippen LogP contribution in [0, 0.1) is 0 Å². The fraction of sp³-hybridized carbons (Fsp3) is 0.647. The molecule has 0 aliphatic rings. The van der Waals surface area contributed by atoms with Gasteiger partial charge in [0.1, 0.15) is 0 Å². The molecule has 0 atom stereocenters. The van der Waals surface area contributed by atoms with Gasteiger partial charge in [-0.05, 0) is 0 Å². The molecule has 0 saturated carbocycles. The molecule has 0 aromatic heterocycles. The van der Waals surface area contributed by atoms with Crippen molar-refractivity contribution in [2.45, 2.75) is 54.9 Å². The second kappa shape index (κ2) is 11.1. The van der Waals surface area contributed by atoms with E-state index < -0.39 is 17.3 Å². The van der Waals surface area contributed by atoms with Crippen molar-refractivity contribution >= 4 is 42.2 Å². The maximum atomic E-state index is 7.30. The van der Waals surface area contributed by atoms with Crippen LogP contribution < -0.4 is 3.58 Å². The van der Waals surface area contributed by atoms with E-state index in [1.165, 1.54) is 40.1 Å². The SMILES string of the molecule is CCC[CH2][Sn]([Cl])([CH2]CCC)[c]1ccccc1CN(C)C.Cl. The van der Waals surface area contributed by atoms with E-state index in [0.29, 0.717) is 0 Å². The number of hydrogen-bond acceptors (Lipinski definition) is 1. The Morgan fingerprint density at radius 1 is 1.00 bits per heavy atom. The first-order chi connectivity index (χ1) is 9.53. The Hall–Kier alpha value is 0.559. The van der Waals surface area contributed by atoms with Gasteiger partial charge in [0, 0.05) is 0 Å². The van der Waals surface area contributed by atoms with E-state index >= 15 is 0 Å². The van der Waals surface area contributed by atoms with Gasteiger partial charge < -0.3 is 0 Å². The molecule has 1 rings (SSSR count). The third kappa shape index (κ3) is 7.11. The summed E-state index contributed by atoms with van der Waals surface area (Å²) in [5.74, 6) is 0. The molecule has 0 amide bonds. The molecule has 0 spiro atoms. The van der Waals surface area contributed by atoms with E-state index in [-0.39, 0.29) is 12.4 Å². The van der Waals surface area contributed by atoms with E-state index in [4.69, 9.17) is 8.92 Å². The number of unbranched alkanes of at least 4 members (excludes halogenated alkanes) is 2. The van der Waals surface area contributed by atoms with Crippen molar-refractivity contribution in [3.63, 3.8) is 0 Å². The van der Waals surface area contributed by atoms with E-state index in [1.54, 1.807) is 3.58 Å². The molecule has 0 aliphatic carbocycles. The smallest absolute Gasteiger partial charge is 0.147 e. The zero-order valence-electron chi connectivity index (χ0n) is 14.0. The van der Waals surface area contributed by atoms with Crippen molar-refractivity contribution in [2.75, 3.05) is 14.1 Å². The standard InChI is InChI=1S/C9H12N.2C4H9.2ClH.Sn/c1-10(2)8-9-6-4-3-5-7-9;2*1-3-4-2;;;/h3-6H,8H2,1-2H3;2*1,3-4H2,2H3;2*1H;/q;;;;;+1/p-1. The number of benzene rings is 1. The molecule has 0 heterocycles. The molecule has 1 aromatic rings. The van der Waals surface area contributed by atoms with Crippen LogP contribution in [0.15, 0.2) is 24.3 Å². The summed E-state index contributed by atoms with van der Waals surface area (Å²) in [7, 11) is 11.6. The second-order valence-corrected chi connectivity index (χ2v) is 20.8. The minimum absolute atomic E-state index is 0. The maximum Gasteiger partial charge on any atom is -0.147 e. The summed E-state index contributed by atoms with van der Waals surface area (Å²) >= 11 is -2.68. The molecule has 1 nitrogen and oxygen atoms in total. The van der Waals surface area contributed by atoms with Crippen LogP contribution in [0.2, 0.25) is 8.87 Å². The average Bonchev–Trinajstić information content (AvgIpc) is 2.43. The minimum atomic E-state index is -2.68. The molecule has 0 saturated heterocycles. The van der Waals surface area contributed by atoms with Gasteiger partial charge in [-0.3, -0.25) is 0 Å². The zero-order valence-corrected chi connectivity index (χ0v) is 18.4. The molecule has 4 heteroatoms. The Morgan fingerprint density at radius 3 is 2.00 bits per heavy atom. The monoisotopic (exact) mass is 439 g/mol. The number of halogens is 2. The summed E-state index contributed by atoms with van der Waals surface area (Å²) in [4.78, 5) is 2.25. The van der Waals surface area contributed by atoms with Crippen LogP contribution in [0.1, 0.15) is 45.1 Å². The molecule has 122 valence electrons. The summed E-state index contributed by atoms with van der Waals surface area (Å²) < 4.78 is 4.13. The van der Waals surface area contributed by atoms with Crippen molar-refractivity contribution in [2.24, 2.45) is 0 Å². The van der Waals surface area contributed by atoms with E-state index in [9.17, 15) is 0 Å². The Kier molecular flexibility index (Phi) is 11.4. The van der Waals surface area contributed by atoms with Crippen LogP contribution in [0.5, 0.6) is 0 Å². The van der Waals surface area contributed by atoms with Crippen LogP contribution in [-0.4, -0.2) is 36.2 Å². The Bertz CT molecular complexity index is 388. The summed E-state index contributed by atoms with van der Waals surface area (Å²) in [6, 6.07) is 8.94. The van der Waals surface area contributed by atoms with Gasteiger partial charge in [0.2, 0.25) is 0 Å². The summed E-state index contributed by atoms with van der Waals surface area (Å²) in [6.07, 6.45) is 5.10. The third-order valence-electron chi connectivity index (χ3n) is 3.84. The molecule has 0 unspecified atom stereocenters. The second-order valence-electron chi connectivity index (χ2n) is 6.07. The van der Waals surface area contributed by atoms with Crippen molar-refractivity contribution in [3.05, 3.63) is 29.8 Å².